The number of nitrogens with zero attached hydrogens (tertiary/aromatic N) is 3. The Labute approximate surface area is 305 Å². The molecule has 282 valence electrons. The number of likely N-dealkylation sites (N-methyl/N-ethyl adjacent to an activating group) is 1. The van der Waals surface area contributed by atoms with Crippen molar-refractivity contribution in [2.75, 3.05) is 40.0 Å². The molecule has 6 unspecified atom stereocenters. The van der Waals surface area contributed by atoms with Crippen molar-refractivity contribution in [3.63, 3.8) is 0 Å². The van der Waals surface area contributed by atoms with Crippen molar-refractivity contribution in [1.82, 2.24) is 20.0 Å². The number of amides is 2. The number of rotatable bonds is 8. The topological polar surface area (TPSA) is 166 Å². The third-order valence-corrected chi connectivity index (χ3v) is 12.2. The summed E-state index contributed by atoms with van der Waals surface area (Å²) >= 11 is 0. The van der Waals surface area contributed by atoms with E-state index < -0.39 is 23.5 Å². The Hall–Kier alpha value is -3.97. The number of cyclic esters (lactones) is 1. The van der Waals surface area contributed by atoms with Crippen LogP contribution in [0.1, 0.15) is 53.4 Å². The van der Waals surface area contributed by atoms with Crippen LogP contribution in [0, 0.1) is 22.7 Å². The van der Waals surface area contributed by atoms with E-state index in [0.29, 0.717) is 50.5 Å². The van der Waals surface area contributed by atoms with Gasteiger partial charge in [0.05, 0.1) is 43.6 Å². The number of aliphatic hydroxyl groups excluding tert-OH is 2. The summed E-state index contributed by atoms with van der Waals surface area (Å²) in [5, 5.41) is 25.4. The minimum Gasteiger partial charge on any atom is -0.423 e. The van der Waals surface area contributed by atoms with Gasteiger partial charge in [0.15, 0.2) is 0 Å². The van der Waals surface area contributed by atoms with Crippen molar-refractivity contribution in [2.45, 2.75) is 83.8 Å². The van der Waals surface area contributed by atoms with E-state index in [-0.39, 0.29) is 60.1 Å². The first-order valence-electron chi connectivity index (χ1n) is 18.1. The number of morpholine rings is 1. The number of hydrogen-bond acceptors (Lipinski definition) is 11. The molecule has 0 aromatic rings. The molecule has 52 heavy (non-hydrogen) atoms. The van der Waals surface area contributed by atoms with Crippen molar-refractivity contribution in [3.05, 3.63) is 71.7 Å². The van der Waals surface area contributed by atoms with E-state index in [0.717, 1.165) is 24.0 Å². The maximum absolute atomic E-state index is 13.4. The molecule has 0 aromatic carbocycles. The Morgan fingerprint density at radius 1 is 1.23 bits per heavy atom. The number of aliphatic hydroxyl groups is 2. The highest BCUT2D eigenvalue weighted by atomic mass is 16.5. The van der Waals surface area contributed by atoms with Crippen LogP contribution in [0.2, 0.25) is 0 Å². The smallest absolute Gasteiger partial charge is 0.373 e. The molecule has 13 heteroatoms. The Kier molecular flexibility index (Phi) is 12.0. The number of hydrogen-bond donors (Lipinski definition) is 3. The highest BCUT2D eigenvalue weighted by Gasteiger charge is 2.59. The first kappa shape index (κ1) is 39.2. The first-order valence-corrected chi connectivity index (χ1v) is 18.1. The third-order valence-electron chi connectivity index (χ3n) is 12.2. The zero-order chi connectivity index (χ0) is 38.0. The predicted octanol–water partition coefficient (Wildman–Crippen LogP) is 2.22. The number of nitrogens with one attached hydrogen (secondary N) is 1. The molecule has 4 aliphatic heterocycles. The number of allylic oxidation sites excluding steroid dienone is 5. The van der Waals surface area contributed by atoms with Gasteiger partial charge in [0.2, 0.25) is 11.8 Å². The Morgan fingerprint density at radius 3 is 2.58 bits per heavy atom. The zero-order valence-electron chi connectivity index (χ0n) is 30.7. The van der Waals surface area contributed by atoms with Gasteiger partial charge in [-0.2, -0.15) is 9.59 Å². The van der Waals surface area contributed by atoms with Gasteiger partial charge in [-0.15, -0.1) is 0 Å². The summed E-state index contributed by atoms with van der Waals surface area (Å²) in [6.45, 7) is 14.6. The summed E-state index contributed by atoms with van der Waals surface area (Å²) in [6, 6.07) is -0.886. The van der Waals surface area contributed by atoms with Crippen LogP contribution >= 0.6 is 0 Å². The molecule has 0 bridgehead atoms. The average molecular weight is 721 g/mol. The van der Waals surface area contributed by atoms with Crippen LogP contribution in [-0.2, 0) is 33.4 Å². The van der Waals surface area contributed by atoms with Crippen molar-refractivity contribution < 1.29 is 43.7 Å². The van der Waals surface area contributed by atoms with E-state index in [4.69, 9.17) is 19.1 Å². The van der Waals surface area contributed by atoms with Gasteiger partial charge in [-0.1, -0.05) is 51.2 Å². The molecule has 2 aliphatic carbocycles. The van der Waals surface area contributed by atoms with E-state index in [2.05, 4.69) is 23.7 Å². The van der Waals surface area contributed by atoms with Crippen molar-refractivity contribution in [2.24, 2.45) is 22.7 Å². The van der Waals surface area contributed by atoms with Gasteiger partial charge in [-0.25, -0.2) is 4.79 Å². The molecule has 4 fully saturated rings. The number of carbonyl (C=O) groups excluding carboxylic acids is 5. The van der Waals surface area contributed by atoms with Gasteiger partial charge in [0, 0.05) is 36.7 Å². The molecular formula is C39H52N4O9. The third kappa shape index (κ3) is 7.31. The summed E-state index contributed by atoms with van der Waals surface area (Å²) in [5.41, 5.74) is 0.957. The lowest BCUT2D eigenvalue weighted by Gasteiger charge is -2.61. The SMILES string of the molecule is C=C1C(NC(C)C(=O)N2CCOCC2)CC2[C@](C)(CC[C@@H](O)[C@@]2(C)CO)C1/C=C/C1=CC(=C\C2=CN3C(=O)C(CC)N(C)C3C=C2)/OC1=O.O=C=O. The summed E-state index contributed by atoms with van der Waals surface area (Å²) in [7, 11) is 1.95. The molecule has 0 radical (unpaired) electrons. The maximum atomic E-state index is 13.4. The maximum Gasteiger partial charge on any atom is 0.373 e. The molecule has 2 saturated carbocycles. The predicted molar refractivity (Wildman–Crippen MR) is 189 cm³/mol. The Balaban J connectivity index is 0.00000168. The fraction of sp³-hybridized carbons (Fsp3) is 0.590. The largest absolute Gasteiger partial charge is 0.423 e. The van der Waals surface area contributed by atoms with Crippen LogP contribution in [0.15, 0.2) is 71.7 Å². The number of ether oxygens (including phenoxy) is 2. The summed E-state index contributed by atoms with van der Waals surface area (Å²) in [6.07, 6.45) is 15.1. The molecule has 9 atom stereocenters. The molecule has 6 rings (SSSR count). The quantitative estimate of drug-likeness (QED) is 0.249. The van der Waals surface area contributed by atoms with Gasteiger partial charge in [-0.3, -0.25) is 24.7 Å². The lowest BCUT2D eigenvalue weighted by atomic mass is 9.45. The highest BCUT2D eigenvalue weighted by Crippen LogP contribution is 2.61. The normalized spacial score (nSPS) is 36.1. The minimum absolute atomic E-state index is 0.00745. The zero-order valence-corrected chi connectivity index (χ0v) is 30.7. The second-order valence-corrected chi connectivity index (χ2v) is 15.2. The summed E-state index contributed by atoms with van der Waals surface area (Å²) < 4.78 is 11.1. The molecule has 13 nitrogen and oxygen atoms in total. The van der Waals surface area contributed by atoms with Gasteiger partial charge in [0.25, 0.3) is 0 Å². The lowest BCUT2D eigenvalue weighted by Crippen LogP contribution is -2.62. The minimum atomic E-state index is -0.748. The van der Waals surface area contributed by atoms with Crippen LogP contribution in [0.3, 0.4) is 0 Å². The lowest BCUT2D eigenvalue weighted by molar-refractivity contribution is -0.191. The van der Waals surface area contributed by atoms with Gasteiger partial charge < -0.3 is 24.6 Å². The molecule has 0 aromatic heterocycles. The van der Waals surface area contributed by atoms with Crippen molar-refractivity contribution in [1.29, 1.82) is 0 Å². The summed E-state index contributed by atoms with van der Waals surface area (Å²) in [4.78, 5) is 61.2. The van der Waals surface area contributed by atoms with Crippen molar-refractivity contribution in [3.8, 4) is 0 Å². The molecule has 2 saturated heterocycles. The van der Waals surface area contributed by atoms with Gasteiger partial charge >= 0.3 is 12.1 Å². The van der Waals surface area contributed by atoms with Crippen LogP contribution in [0.5, 0.6) is 0 Å². The van der Waals surface area contributed by atoms with E-state index in [1.54, 1.807) is 23.1 Å². The number of esters is 1. The molecule has 6 aliphatic rings. The number of fused-ring (bicyclic) bond motifs is 2. The second kappa shape index (κ2) is 16.0. The average Bonchev–Trinajstić information content (AvgIpc) is 3.60. The molecule has 3 N–H and O–H groups in total. The van der Waals surface area contributed by atoms with Gasteiger partial charge in [0.1, 0.15) is 11.9 Å². The second-order valence-electron chi connectivity index (χ2n) is 15.2. The summed E-state index contributed by atoms with van der Waals surface area (Å²) in [5.74, 6) is -0.317. The van der Waals surface area contributed by atoms with E-state index in [1.807, 2.05) is 57.1 Å². The Morgan fingerprint density at radius 2 is 1.92 bits per heavy atom. The van der Waals surface area contributed by atoms with Crippen molar-refractivity contribution >= 4 is 23.9 Å². The van der Waals surface area contributed by atoms with Gasteiger partial charge in [-0.05, 0) is 74.8 Å². The number of carbonyl (C=O) groups is 3. The fourth-order valence-corrected chi connectivity index (χ4v) is 9.17. The monoisotopic (exact) mass is 720 g/mol. The van der Waals surface area contributed by atoms with Crippen LogP contribution < -0.4 is 5.32 Å². The van der Waals surface area contributed by atoms with Crippen LogP contribution in [0.25, 0.3) is 0 Å². The van der Waals surface area contributed by atoms with Crippen LogP contribution in [0.4, 0.5) is 0 Å². The fourth-order valence-electron chi connectivity index (χ4n) is 9.17. The highest BCUT2D eigenvalue weighted by molar-refractivity contribution is 5.95. The van der Waals surface area contributed by atoms with E-state index in [9.17, 15) is 24.6 Å². The molecule has 4 heterocycles. The molecular weight excluding hydrogens is 668 g/mol. The van der Waals surface area contributed by atoms with E-state index in [1.165, 1.54) is 0 Å². The first-order chi connectivity index (χ1) is 24.7. The van der Waals surface area contributed by atoms with E-state index >= 15 is 0 Å². The Bertz CT molecular complexity index is 1620. The molecule has 0 spiro atoms. The molecule has 2 amide bonds. The van der Waals surface area contributed by atoms with Crippen LogP contribution in [-0.4, -0.2) is 119 Å². The standard InChI is InChI=1S/C38H52N4O7.CO2/c1-7-30-35(46)42-21-25(8-11-33(42)40(30)6)18-27-19-26(36(47)49-27)9-10-28-23(2)29(39-24(3)34(45)41-14-16-48-17-15-41)20-31-37(28,4)13-12-32(44)38(31,5)22-43;2-1-3/h8-11,18-19,21,24,28-33,39,43-44H,2,7,12-17,20,22H2,1,3-6H3;/b10-9+,27-18+;/t24?,28?,29?,30?,31?,32-,33?,37-,38+;/m1./s1.